The Morgan fingerprint density at radius 2 is 1.74 bits per heavy atom. The summed E-state index contributed by atoms with van der Waals surface area (Å²) in [6.45, 7) is 4.43. The van der Waals surface area contributed by atoms with Crippen molar-refractivity contribution in [2.45, 2.75) is 25.7 Å². The van der Waals surface area contributed by atoms with Crippen LogP contribution in [0.4, 0.5) is 0 Å². The normalized spacial score (nSPS) is 14.8. The Hall–Kier alpha value is -2.09. The van der Waals surface area contributed by atoms with Crippen LogP contribution in [0.2, 0.25) is 0 Å². The van der Waals surface area contributed by atoms with E-state index in [0.29, 0.717) is 0 Å². The van der Waals surface area contributed by atoms with Crippen LogP contribution < -0.4 is 0 Å². The van der Waals surface area contributed by atoms with Crippen LogP contribution in [0.15, 0.2) is 42.5 Å². The number of fused-ring (bicyclic) bond motifs is 3. The van der Waals surface area contributed by atoms with Gasteiger partial charge in [0.1, 0.15) is 0 Å². The minimum atomic E-state index is -0.787. The molecule has 96 valence electrons. The van der Waals surface area contributed by atoms with E-state index in [0.717, 1.165) is 5.56 Å². The summed E-state index contributed by atoms with van der Waals surface area (Å²) in [5.74, 6) is -0.787. The number of rotatable bonds is 2. The molecule has 0 fully saturated rings. The molecule has 2 aromatic rings. The molecule has 1 aliphatic carbocycles. The molecule has 0 spiro atoms. The van der Waals surface area contributed by atoms with E-state index in [4.69, 9.17) is 5.11 Å². The van der Waals surface area contributed by atoms with Crippen molar-refractivity contribution in [1.82, 2.24) is 0 Å². The first-order valence-corrected chi connectivity index (χ1v) is 6.45. The van der Waals surface area contributed by atoms with Crippen molar-refractivity contribution in [3.63, 3.8) is 0 Å². The van der Waals surface area contributed by atoms with Crippen LogP contribution in [0.5, 0.6) is 0 Å². The van der Waals surface area contributed by atoms with E-state index in [1.54, 1.807) is 0 Å². The maximum absolute atomic E-state index is 10.8. The first-order valence-electron chi connectivity index (χ1n) is 6.45. The highest BCUT2D eigenvalue weighted by Gasteiger charge is 2.34. The molecular weight excluding hydrogens is 236 g/mol. The van der Waals surface area contributed by atoms with Crippen LogP contribution in [-0.2, 0) is 16.6 Å². The predicted octanol–water partition coefficient (Wildman–Crippen LogP) is 3.62. The molecule has 2 heteroatoms. The molecule has 2 aromatic carbocycles. The van der Waals surface area contributed by atoms with Gasteiger partial charge in [0, 0.05) is 5.41 Å². The molecule has 1 aliphatic rings. The average Bonchev–Trinajstić information content (AvgIpc) is 2.59. The van der Waals surface area contributed by atoms with E-state index >= 15 is 0 Å². The first-order chi connectivity index (χ1) is 9.00. The summed E-state index contributed by atoms with van der Waals surface area (Å²) in [5.41, 5.74) is 5.86. The van der Waals surface area contributed by atoms with E-state index < -0.39 is 5.97 Å². The molecule has 0 aliphatic heterocycles. The lowest BCUT2D eigenvalue weighted by molar-refractivity contribution is -0.136. The van der Waals surface area contributed by atoms with Crippen molar-refractivity contribution in [2.75, 3.05) is 0 Å². The second-order valence-corrected chi connectivity index (χ2v) is 5.62. The Labute approximate surface area is 112 Å². The summed E-state index contributed by atoms with van der Waals surface area (Å²) in [4.78, 5) is 10.8. The van der Waals surface area contributed by atoms with Crippen LogP contribution in [0, 0.1) is 0 Å². The van der Waals surface area contributed by atoms with E-state index in [2.05, 4.69) is 38.1 Å². The van der Waals surface area contributed by atoms with Gasteiger partial charge in [-0.3, -0.25) is 4.79 Å². The van der Waals surface area contributed by atoms with E-state index in [-0.39, 0.29) is 11.8 Å². The molecule has 0 heterocycles. The third kappa shape index (κ3) is 1.75. The highest BCUT2D eigenvalue weighted by molar-refractivity contribution is 5.82. The Bertz CT molecular complexity index is 669. The van der Waals surface area contributed by atoms with Gasteiger partial charge in [0.15, 0.2) is 0 Å². The lowest BCUT2D eigenvalue weighted by atomic mass is 9.82. The largest absolute Gasteiger partial charge is 0.481 e. The van der Waals surface area contributed by atoms with Gasteiger partial charge >= 0.3 is 5.97 Å². The predicted molar refractivity (Wildman–Crippen MR) is 75.3 cm³/mol. The monoisotopic (exact) mass is 252 g/mol. The topological polar surface area (TPSA) is 37.3 Å². The quantitative estimate of drug-likeness (QED) is 0.886. The fourth-order valence-corrected chi connectivity index (χ4v) is 3.05. The lowest BCUT2D eigenvalue weighted by Crippen LogP contribution is -2.14. The number of hydrogen-bond acceptors (Lipinski definition) is 1. The number of benzene rings is 2. The number of carboxylic acid groups (broad SMARTS) is 1. The van der Waals surface area contributed by atoms with Gasteiger partial charge in [0.25, 0.3) is 0 Å². The van der Waals surface area contributed by atoms with Crippen LogP contribution in [0.25, 0.3) is 11.1 Å². The second-order valence-electron chi connectivity index (χ2n) is 5.62. The molecule has 0 saturated carbocycles. The minimum Gasteiger partial charge on any atom is -0.481 e. The first kappa shape index (κ1) is 12.0. The zero-order chi connectivity index (χ0) is 13.6. The highest BCUT2D eigenvalue weighted by Crippen LogP contribution is 2.48. The SMILES string of the molecule is CC1(C)c2ccccc2-c2cc(CC(=O)O)ccc21. The molecule has 0 atom stereocenters. The van der Waals surface area contributed by atoms with Gasteiger partial charge in [-0.1, -0.05) is 56.3 Å². The van der Waals surface area contributed by atoms with Crippen LogP contribution in [0.3, 0.4) is 0 Å². The maximum Gasteiger partial charge on any atom is 0.307 e. The molecule has 1 N–H and O–H groups in total. The smallest absolute Gasteiger partial charge is 0.307 e. The molecule has 0 bridgehead atoms. The molecule has 0 unspecified atom stereocenters. The van der Waals surface area contributed by atoms with Crippen molar-refractivity contribution in [3.05, 3.63) is 59.2 Å². The summed E-state index contributed by atoms with van der Waals surface area (Å²) in [7, 11) is 0. The van der Waals surface area contributed by atoms with E-state index in [1.807, 2.05) is 18.2 Å². The van der Waals surface area contributed by atoms with Gasteiger partial charge in [0.05, 0.1) is 6.42 Å². The Morgan fingerprint density at radius 3 is 2.47 bits per heavy atom. The number of carboxylic acids is 1. The minimum absolute atomic E-state index is 0.00627. The highest BCUT2D eigenvalue weighted by atomic mass is 16.4. The van der Waals surface area contributed by atoms with Crippen LogP contribution in [0.1, 0.15) is 30.5 Å². The summed E-state index contributed by atoms with van der Waals surface area (Å²) < 4.78 is 0. The fraction of sp³-hybridized carbons (Fsp3) is 0.235. The Kier molecular flexibility index (Phi) is 2.49. The van der Waals surface area contributed by atoms with E-state index in [1.165, 1.54) is 22.3 Å². The molecular formula is C17H16O2. The molecule has 0 saturated heterocycles. The second kappa shape index (κ2) is 3.95. The number of aliphatic carboxylic acids is 1. The lowest BCUT2D eigenvalue weighted by Gasteiger charge is -2.21. The van der Waals surface area contributed by atoms with Crippen molar-refractivity contribution in [1.29, 1.82) is 0 Å². The number of carbonyl (C=O) groups is 1. The van der Waals surface area contributed by atoms with Gasteiger partial charge in [-0.15, -0.1) is 0 Å². The summed E-state index contributed by atoms with van der Waals surface area (Å²) >= 11 is 0. The van der Waals surface area contributed by atoms with Crippen molar-refractivity contribution in [2.24, 2.45) is 0 Å². The standard InChI is InChI=1S/C17H16O2/c1-17(2)14-6-4-3-5-12(14)13-9-11(10-16(18)19)7-8-15(13)17/h3-9H,10H2,1-2H3,(H,18,19). The molecule has 19 heavy (non-hydrogen) atoms. The zero-order valence-electron chi connectivity index (χ0n) is 11.1. The zero-order valence-corrected chi connectivity index (χ0v) is 11.1. The van der Waals surface area contributed by atoms with Gasteiger partial charge in [-0.2, -0.15) is 0 Å². The van der Waals surface area contributed by atoms with Gasteiger partial charge in [-0.25, -0.2) is 0 Å². The maximum atomic E-state index is 10.8. The summed E-state index contributed by atoms with van der Waals surface area (Å²) in [6, 6.07) is 14.4. The molecule has 3 rings (SSSR count). The summed E-state index contributed by atoms with van der Waals surface area (Å²) in [5, 5.41) is 8.91. The van der Waals surface area contributed by atoms with E-state index in [9.17, 15) is 4.79 Å². The summed E-state index contributed by atoms with van der Waals surface area (Å²) in [6.07, 6.45) is 0.0792. The number of hydrogen-bond donors (Lipinski definition) is 1. The van der Waals surface area contributed by atoms with Crippen LogP contribution >= 0.6 is 0 Å². The third-order valence-electron chi connectivity index (χ3n) is 4.00. The Balaban J connectivity index is 2.20. The van der Waals surface area contributed by atoms with Crippen molar-refractivity contribution in [3.8, 4) is 11.1 Å². The third-order valence-corrected chi connectivity index (χ3v) is 4.00. The van der Waals surface area contributed by atoms with Gasteiger partial charge < -0.3 is 5.11 Å². The molecule has 0 aromatic heterocycles. The van der Waals surface area contributed by atoms with Crippen molar-refractivity contribution < 1.29 is 9.90 Å². The molecule has 0 amide bonds. The molecule has 2 nitrogen and oxygen atoms in total. The van der Waals surface area contributed by atoms with Crippen molar-refractivity contribution >= 4 is 5.97 Å². The van der Waals surface area contributed by atoms with Crippen LogP contribution in [-0.4, -0.2) is 11.1 Å². The van der Waals surface area contributed by atoms with Gasteiger partial charge in [0.2, 0.25) is 0 Å². The Morgan fingerprint density at radius 1 is 1.05 bits per heavy atom. The average molecular weight is 252 g/mol. The van der Waals surface area contributed by atoms with Gasteiger partial charge in [-0.05, 0) is 27.8 Å². The molecule has 0 radical (unpaired) electrons. The fourth-order valence-electron chi connectivity index (χ4n) is 3.05.